The van der Waals surface area contributed by atoms with Crippen molar-refractivity contribution in [3.05, 3.63) is 17.7 Å². The Balaban J connectivity index is 3.56. The topological polar surface area (TPSA) is 82.1 Å². The van der Waals surface area contributed by atoms with Gasteiger partial charge >= 0.3 is 18.1 Å². The zero-order chi connectivity index (χ0) is 19.4. The highest BCUT2D eigenvalue weighted by molar-refractivity contribution is 6.02. The quantitative estimate of drug-likeness (QED) is 0.591. The number of halogens is 3. The number of carbonyl (C=O) groups excluding carboxylic acids is 3. The molecule has 1 aromatic rings. The lowest BCUT2D eigenvalue weighted by Crippen LogP contribution is -2.42. The first kappa shape index (κ1) is 20.3. The first-order valence-electron chi connectivity index (χ1n) is 6.95. The number of carbonyl (C=O) groups is 3. The van der Waals surface area contributed by atoms with Crippen molar-refractivity contribution in [2.75, 3.05) is 19.3 Å². The average Bonchev–Trinajstić information content (AvgIpc) is 2.56. The summed E-state index contributed by atoms with van der Waals surface area (Å²) in [5.74, 6) is -4.25. The third kappa shape index (κ3) is 4.61. The maximum Gasteiger partial charge on any atom is 0.474 e. The highest BCUT2D eigenvalue weighted by Gasteiger charge is 2.45. The number of ether oxygens (including phenoxy) is 2. The van der Waals surface area contributed by atoms with E-state index in [0.29, 0.717) is 0 Å². The summed E-state index contributed by atoms with van der Waals surface area (Å²) in [6.07, 6.45) is -5.56. The molecule has 0 aliphatic rings. The first-order chi connectivity index (χ1) is 11.6. The van der Waals surface area contributed by atoms with Crippen LogP contribution in [0.2, 0.25) is 0 Å². The van der Waals surface area contributed by atoms with Gasteiger partial charge in [0.25, 0.3) is 0 Å². The molecule has 1 aromatic carbocycles. The summed E-state index contributed by atoms with van der Waals surface area (Å²) in [6.45, 7) is 2.55. The number of rotatable bonds is 5. The fraction of sp³-hybridized carbons (Fsp3) is 0.400. The molecule has 0 radical (unpaired) electrons. The molecule has 0 fully saturated rings. The Labute approximate surface area is 141 Å². The largest absolute Gasteiger partial charge is 0.496 e. The van der Waals surface area contributed by atoms with Crippen molar-refractivity contribution in [3.63, 3.8) is 0 Å². The van der Waals surface area contributed by atoms with Crippen LogP contribution in [0.3, 0.4) is 0 Å². The SMILES string of the molecule is CCC(=O)ON(C(=O)C(F)(F)F)c1cc(OC)c(C(C)=O)c(OC)c1. The number of methoxy groups -OCH3 is 2. The number of anilines is 1. The molecule has 25 heavy (non-hydrogen) atoms. The summed E-state index contributed by atoms with van der Waals surface area (Å²) in [6, 6.07) is 1.93. The van der Waals surface area contributed by atoms with E-state index in [0.717, 1.165) is 12.1 Å². The molecule has 138 valence electrons. The lowest BCUT2D eigenvalue weighted by atomic mass is 10.1. The summed E-state index contributed by atoms with van der Waals surface area (Å²) < 4.78 is 48.4. The van der Waals surface area contributed by atoms with Gasteiger partial charge in [-0.05, 0) is 6.92 Å². The highest BCUT2D eigenvalue weighted by Crippen LogP contribution is 2.36. The van der Waals surface area contributed by atoms with Crippen LogP contribution >= 0.6 is 0 Å². The molecule has 0 saturated heterocycles. The molecule has 0 aromatic heterocycles. The Morgan fingerprint density at radius 2 is 1.56 bits per heavy atom. The van der Waals surface area contributed by atoms with E-state index in [1.807, 2.05) is 0 Å². The zero-order valence-electron chi connectivity index (χ0n) is 13.9. The Morgan fingerprint density at radius 3 is 1.88 bits per heavy atom. The smallest absolute Gasteiger partial charge is 0.474 e. The van der Waals surface area contributed by atoms with Gasteiger partial charge in [0, 0.05) is 18.6 Å². The molecule has 10 heteroatoms. The molecule has 0 N–H and O–H groups in total. The van der Waals surface area contributed by atoms with E-state index in [-0.39, 0.29) is 28.5 Å². The number of hydroxylamine groups is 1. The Bertz CT molecular complexity index is 661. The van der Waals surface area contributed by atoms with Gasteiger partial charge in [-0.15, -0.1) is 5.06 Å². The van der Waals surface area contributed by atoms with Gasteiger partial charge in [-0.2, -0.15) is 13.2 Å². The van der Waals surface area contributed by atoms with Crippen LogP contribution in [0.15, 0.2) is 12.1 Å². The first-order valence-corrected chi connectivity index (χ1v) is 6.95. The van der Waals surface area contributed by atoms with Gasteiger partial charge in [-0.25, -0.2) is 4.79 Å². The number of alkyl halides is 3. The maximum absolute atomic E-state index is 12.8. The van der Waals surface area contributed by atoms with Gasteiger partial charge in [-0.3, -0.25) is 9.59 Å². The molecule has 1 amide bonds. The van der Waals surface area contributed by atoms with E-state index < -0.39 is 29.5 Å². The Morgan fingerprint density at radius 1 is 1.08 bits per heavy atom. The molecular formula is C15H16F3NO6. The van der Waals surface area contributed by atoms with Crippen molar-refractivity contribution in [1.29, 1.82) is 0 Å². The van der Waals surface area contributed by atoms with E-state index in [4.69, 9.17) is 9.47 Å². The van der Waals surface area contributed by atoms with Crippen LogP contribution in [0.1, 0.15) is 30.6 Å². The second-order valence-electron chi connectivity index (χ2n) is 4.70. The van der Waals surface area contributed by atoms with Gasteiger partial charge in [0.2, 0.25) is 0 Å². The summed E-state index contributed by atoms with van der Waals surface area (Å²) >= 11 is 0. The number of amides is 1. The molecule has 0 atom stereocenters. The molecule has 0 saturated carbocycles. The second-order valence-corrected chi connectivity index (χ2v) is 4.70. The third-order valence-electron chi connectivity index (χ3n) is 2.99. The molecule has 1 rings (SSSR count). The maximum atomic E-state index is 12.8. The summed E-state index contributed by atoms with van der Waals surface area (Å²) in [7, 11) is 2.36. The minimum absolute atomic E-state index is 0.0324. The monoisotopic (exact) mass is 363 g/mol. The minimum Gasteiger partial charge on any atom is -0.496 e. The predicted octanol–water partition coefficient (Wildman–Crippen LogP) is 2.67. The summed E-state index contributed by atoms with van der Waals surface area (Å²) in [5, 5.41) is -0.208. The van der Waals surface area contributed by atoms with Gasteiger partial charge in [0.05, 0.1) is 19.9 Å². The van der Waals surface area contributed by atoms with Crippen molar-refractivity contribution in [3.8, 4) is 11.5 Å². The van der Waals surface area contributed by atoms with E-state index in [1.165, 1.54) is 28.1 Å². The number of Topliss-reactive ketones (excluding diaryl/α,β-unsaturated/α-hetero) is 1. The van der Waals surface area contributed by atoms with Crippen LogP contribution in [0.25, 0.3) is 0 Å². The number of hydrogen-bond donors (Lipinski definition) is 0. The second kappa shape index (κ2) is 7.86. The number of ketones is 1. The number of nitrogens with zero attached hydrogens (tertiary/aromatic N) is 1. The molecular weight excluding hydrogens is 347 g/mol. The molecule has 0 bridgehead atoms. The average molecular weight is 363 g/mol. The van der Waals surface area contributed by atoms with Crippen molar-refractivity contribution >= 4 is 23.3 Å². The van der Waals surface area contributed by atoms with Gasteiger partial charge in [-0.1, -0.05) is 6.92 Å². The van der Waals surface area contributed by atoms with Crippen LogP contribution in [-0.2, 0) is 14.4 Å². The molecule has 0 aliphatic heterocycles. The lowest BCUT2D eigenvalue weighted by Gasteiger charge is -2.23. The van der Waals surface area contributed by atoms with Crippen molar-refractivity contribution < 1.29 is 41.9 Å². The number of benzene rings is 1. The summed E-state index contributed by atoms with van der Waals surface area (Å²) in [5.41, 5.74) is -0.516. The Kier molecular flexibility index (Phi) is 6.37. The van der Waals surface area contributed by atoms with Crippen LogP contribution in [0, 0.1) is 0 Å². The van der Waals surface area contributed by atoms with Crippen molar-refractivity contribution in [2.45, 2.75) is 26.4 Å². The molecule has 0 unspecified atom stereocenters. The Hall–Kier alpha value is -2.78. The van der Waals surface area contributed by atoms with Crippen molar-refractivity contribution in [2.24, 2.45) is 0 Å². The van der Waals surface area contributed by atoms with Gasteiger partial charge < -0.3 is 14.3 Å². The molecule has 0 heterocycles. The van der Waals surface area contributed by atoms with E-state index in [1.54, 1.807) is 0 Å². The van der Waals surface area contributed by atoms with E-state index in [2.05, 4.69) is 4.84 Å². The summed E-state index contributed by atoms with van der Waals surface area (Å²) in [4.78, 5) is 39.2. The highest BCUT2D eigenvalue weighted by atomic mass is 19.4. The standard InChI is InChI=1S/C15H16F3NO6/c1-5-12(21)25-19(14(22)15(16,17)18)9-6-10(23-3)13(8(2)20)11(7-9)24-4/h6-7H,5H2,1-4H3. The fourth-order valence-corrected chi connectivity index (χ4v) is 1.86. The molecule has 0 aliphatic carbocycles. The predicted molar refractivity (Wildman–Crippen MR) is 79.5 cm³/mol. The van der Waals surface area contributed by atoms with E-state index in [9.17, 15) is 27.6 Å². The lowest BCUT2D eigenvalue weighted by molar-refractivity contribution is -0.180. The van der Waals surface area contributed by atoms with Crippen LogP contribution in [0.4, 0.5) is 18.9 Å². The van der Waals surface area contributed by atoms with Crippen LogP contribution in [-0.4, -0.2) is 38.1 Å². The third-order valence-corrected chi connectivity index (χ3v) is 2.99. The van der Waals surface area contributed by atoms with Crippen LogP contribution < -0.4 is 14.5 Å². The zero-order valence-corrected chi connectivity index (χ0v) is 13.9. The van der Waals surface area contributed by atoms with Crippen LogP contribution in [0.5, 0.6) is 11.5 Å². The van der Waals surface area contributed by atoms with Crippen molar-refractivity contribution in [1.82, 2.24) is 0 Å². The van der Waals surface area contributed by atoms with E-state index >= 15 is 0 Å². The molecule has 0 spiro atoms. The molecule has 7 nitrogen and oxygen atoms in total. The van der Waals surface area contributed by atoms with Gasteiger partial charge in [0.15, 0.2) is 5.78 Å². The minimum atomic E-state index is -5.30. The normalized spacial score (nSPS) is 10.8. The van der Waals surface area contributed by atoms with Gasteiger partial charge in [0.1, 0.15) is 17.1 Å². The fourth-order valence-electron chi connectivity index (χ4n) is 1.86. The number of hydrogen-bond acceptors (Lipinski definition) is 6.